The van der Waals surface area contributed by atoms with E-state index >= 15 is 0 Å². The number of carbonyl (C=O) groups excluding carboxylic acids is 2. The van der Waals surface area contributed by atoms with E-state index < -0.39 is 5.97 Å². The predicted molar refractivity (Wildman–Crippen MR) is 71.6 cm³/mol. The van der Waals surface area contributed by atoms with Gasteiger partial charge in [-0.1, -0.05) is 0 Å². The van der Waals surface area contributed by atoms with Crippen molar-refractivity contribution >= 4 is 28.2 Å². The van der Waals surface area contributed by atoms with Gasteiger partial charge in [0.15, 0.2) is 6.54 Å². The van der Waals surface area contributed by atoms with E-state index in [-0.39, 0.29) is 11.5 Å². The molecule has 0 bridgehead atoms. The van der Waals surface area contributed by atoms with Crippen LogP contribution in [0.3, 0.4) is 0 Å². The number of carbonyl (C=O) groups is 2. The van der Waals surface area contributed by atoms with E-state index in [9.17, 15) is 14.7 Å². The molecule has 104 valence electrons. The molecule has 2 heterocycles. The van der Waals surface area contributed by atoms with Crippen LogP contribution in [0.4, 0.5) is 5.00 Å². The Morgan fingerprint density at radius 2 is 1.95 bits per heavy atom. The quantitative estimate of drug-likeness (QED) is 0.770. The molecule has 5 nitrogen and oxygen atoms in total. The van der Waals surface area contributed by atoms with Crippen LogP contribution in [-0.2, 0) is 4.79 Å². The highest BCUT2D eigenvalue weighted by molar-refractivity contribution is 7.16. The number of nitrogens with one attached hydrogen (secondary N) is 2. The Kier molecular flexibility index (Phi) is 4.21. The zero-order chi connectivity index (χ0) is 14.0. The maximum absolute atomic E-state index is 11.9. The highest BCUT2D eigenvalue weighted by atomic mass is 32.1. The Balaban J connectivity index is 2.07. The molecule has 0 saturated carbocycles. The van der Waals surface area contributed by atoms with Crippen LogP contribution in [0.25, 0.3) is 0 Å². The van der Waals surface area contributed by atoms with Crippen LogP contribution in [0.15, 0.2) is 0 Å². The van der Waals surface area contributed by atoms with Crippen molar-refractivity contribution < 1.29 is 19.6 Å². The number of amides is 1. The number of hydrogen-bond donors (Lipinski definition) is 2. The van der Waals surface area contributed by atoms with E-state index in [0.29, 0.717) is 17.1 Å². The summed E-state index contributed by atoms with van der Waals surface area (Å²) in [4.78, 5) is 25.2. The lowest BCUT2D eigenvalue weighted by molar-refractivity contribution is -0.878. The van der Waals surface area contributed by atoms with E-state index in [1.54, 1.807) is 6.92 Å². The van der Waals surface area contributed by atoms with Crippen LogP contribution in [0.1, 0.15) is 33.6 Å². The molecule has 2 N–H and O–H groups in total. The number of carboxylic acids is 1. The van der Waals surface area contributed by atoms with Gasteiger partial charge in [0.05, 0.1) is 19.1 Å². The van der Waals surface area contributed by atoms with Gasteiger partial charge < -0.3 is 20.1 Å². The third-order valence-electron chi connectivity index (χ3n) is 3.56. The highest BCUT2D eigenvalue weighted by Gasteiger charge is 2.21. The highest BCUT2D eigenvalue weighted by Crippen LogP contribution is 2.31. The van der Waals surface area contributed by atoms with Gasteiger partial charge in [0.25, 0.3) is 5.91 Å². The van der Waals surface area contributed by atoms with E-state index in [0.717, 1.165) is 30.8 Å². The largest absolute Gasteiger partial charge is 0.545 e. The minimum Gasteiger partial charge on any atom is -0.545 e. The summed E-state index contributed by atoms with van der Waals surface area (Å²) in [6.07, 6.45) is 2.31. The zero-order valence-electron chi connectivity index (χ0n) is 11.2. The first-order valence-electron chi connectivity index (χ1n) is 6.43. The van der Waals surface area contributed by atoms with Crippen LogP contribution in [-0.4, -0.2) is 31.5 Å². The Hall–Kier alpha value is -1.40. The number of carboxylic acid groups (broad SMARTS) is 1. The monoisotopic (exact) mass is 282 g/mol. The van der Waals surface area contributed by atoms with Gasteiger partial charge >= 0.3 is 0 Å². The van der Waals surface area contributed by atoms with Gasteiger partial charge in [-0.3, -0.25) is 4.79 Å². The summed E-state index contributed by atoms with van der Waals surface area (Å²) in [6, 6.07) is 0. The predicted octanol–water partition coefficient (Wildman–Crippen LogP) is -0.654. The van der Waals surface area contributed by atoms with Gasteiger partial charge in [0, 0.05) is 23.3 Å². The molecule has 1 aromatic rings. The van der Waals surface area contributed by atoms with Crippen LogP contribution in [0, 0.1) is 13.8 Å². The SMILES string of the molecule is Cc1sc(NC(=O)C[NH+]2CCCC2)c(C(=O)[O-])c1C. The van der Waals surface area contributed by atoms with Gasteiger partial charge in [0.1, 0.15) is 5.00 Å². The first kappa shape index (κ1) is 14.0. The average molecular weight is 282 g/mol. The number of quaternary nitrogens is 1. The molecule has 6 heteroatoms. The third kappa shape index (κ3) is 3.13. The number of aromatic carboxylic acids is 1. The van der Waals surface area contributed by atoms with E-state index in [1.165, 1.54) is 16.2 Å². The van der Waals surface area contributed by atoms with Crippen molar-refractivity contribution in [2.45, 2.75) is 26.7 Å². The lowest BCUT2D eigenvalue weighted by Crippen LogP contribution is -3.11. The molecule has 1 amide bonds. The maximum Gasteiger partial charge on any atom is 0.280 e. The fraction of sp³-hybridized carbons (Fsp3) is 0.538. The van der Waals surface area contributed by atoms with Gasteiger partial charge in [-0.15, -0.1) is 11.3 Å². The molecule has 1 fully saturated rings. The summed E-state index contributed by atoms with van der Waals surface area (Å²) in [6.45, 7) is 6.02. The second-order valence-electron chi connectivity index (χ2n) is 4.96. The summed E-state index contributed by atoms with van der Waals surface area (Å²) in [5.74, 6) is -1.36. The summed E-state index contributed by atoms with van der Waals surface area (Å²) in [7, 11) is 0. The Bertz CT molecular complexity index is 504. The molecule has 1 aromatic heterocycles. The van der Waals surface area contributed by atoms with Crippen molar-refractivity contribution in [1.29, 1.82) is 0 Å². The fourth-order valence-corrected chi connectivity index (χ4v) is 3.48. The molecule has 2 rings (SSSR count). The first-order chi connectivity index (χ1) is 8.99. The molecule has 1 aliphatic heterocycles. The van der Waals surface area contributed by atoms with Gasteiger partial charge in [0.2, 0.25) is 0 Å². The number of rotatable bonds is 4. The minimum absolute atomic E-state index is 0.118. The summed E-state index contributed by atoms with van der Waals surface area (Å²) < 4.78 is 0. The van der Waals surface area contributed by atoms with Gasteiger partial charge in [-0.05, 0) is 19.4 Å². The summed E-state index contributed by atoms with van der Waals surface area (Å²) >= 11 is 1.29. The summed E-state index contributed by atoms with van der Waals surface area (Å²) in [5, 5.41) is 14.2. The minimum atomic E-state index is -1.23. The van der Waals surface area contributed by atoms with Crippen LogP contribution >= 0.6 is 11.3 Å². The normalized spacial score (nSPS) is 15.7. The van der Waals surface area contributed by atoms with Gasteiger partial charge in [-0.2, -0.15) is 0 Å². The molecule has 0 spiro atoms. The Labute approximate surface area is 116 Å². The van der Waals surface area contributed by atoms with Crippen molar-refractivity contribution in [3.8, 4) is 0 Å². The molecule has 19 heavy (non-hydrogen) atoms. The van der Waals surface area contributed by atoms with Crippen molar-refractivity contribution in [2.24, 2.45) is 0 Å². The molecule has 1 aliphatic rings. The third-order valence-corrected chi connectivity index (χ3v) is 4.69. The standard InChI is InChI=1S/C13H18N2O3S/c1-8-9(2)19-12(11(8)13(17)18)14-10(16)7-15-5-3-4-6-15/h3-7H2,1-2H3,(H,14,16)(H,17,18). The zero-order valence-corrected chi connectivity index (χ0v) is 12.0. The number of hydrogen-bond acceptors (Lipinski definition) is 4. The maximum atomic E-state index is 11.9. The fourth-order valence-electron chi connectivity index (χ4n) is 2.41. The average Bonchev–Trinajstić information content (AvgIpc) is 2.88. The smallest absolute Gasteiger partial charge is 0.280 e. The van der Waals surface area contributed by atoms with E-state index in [4.69, 9.17) is 0 Å². The number of anilines is 1. The molecule has 0 aromatic carbocycles. The number of aryl methyl sites for hydroxylation is 1. The first-order valence-corrected chi connectivity index (χ1v) is 7.25. The van der Waals surface area contributed by atoms with Crippen molar-refractivity contribution in [1.82, 2.24) is 0 Å². The van der Waals surface area contributed by atoms with E-state index in [2.05, 4.69) is 5.32 Å². The topological polar surface area (TPSA) is 73.7 Å². The molecular formula is C13H18N2O3S. The van der Waals surface area contributed by atoms with Crippen molar-refractivity contribution in [3.05, 3.63) is 16.0 Å². The van der Waals surface area contributed by atoms with Crippen molar-refractivity contribution in [3.63, 3.8) is 0 Å². The number of thiophene rings is 1. The number of likely N-dealkylation sites (tertiary alicyclic amines) is 1. The van der Waals surface area contributed by atoms with Crippen LogP contribution in [0.5, 0.6) is 0 Å². The van der Waals surface area contributed by atoms with Crippen LogP contribution in [0.2, 0.25) is 0 Å². The second kappa shape index (κ2) is 5.71. The molecule has 1 saturated heterocycles. The molecule has 0 unspecified atom stereocenters. The lowest BCUT2D eigenvalue weighted by atomic mass is 10.1. The van der Waals surface area contributed by atoms with E-state index in [1.807, 2.05) is 6.92 Å². The lowest BCUT2D eigenvalue weighted by Gasteiger charge is -2.12. The Morgan fingerprint density at radius 3 is 2.53 bits per heavy atom. The van der Waals surface area contributed by atoms with Crippen molar-refractivity contribution in [2.75, 3.05) is 25.0 Å². The second-order valence-corrected chi connectivity index (χ2v) is 6.18. The molecule has 0 aliphatic carbocycles. The van der Waals surface area contributed by atoms with Gasteiger partial charge in [-0.25, -0.2) is 0 Å². The van der Waals surface area contributed by atoms with Crippen LogP contribution < -0.4 is 15.3 Å². The summed E-state index contributed by atoms with van der Waals surface area (Å²) in [5.41, 5.74) is 0.793. The molecule has 0 atom stereocenters. The molecular weight excluding hydrogens is 264 g/mol. The Morgan fingerprint density at radius 1 is 1.32 bits per heavy atom. The molecule has 0 radical (unpaired) electrons.